The molecule has 10 rings (SSSR count). The zero-order chi connectivity index (χ0) is 64.0. The fraction of sp³-hybridized carbons (Fsp3) is 0.432. The molecular formula is C74H93FN8O8. The fourth-order valence-corrected chi connectivity index (χ4v) is 10.5. The summed E-state index contributed by atoms with van der Waals surface area (Å²) in [7, 11) is 0. The molecule has 0 bridgehead atoms. The minimum absolute atomic E-state index is 0.0181. The maximum absolute atomic E-state index is 13.6. The molecule has 16 nitrogen and oxygen atoms in total. The Balaban J connectivity index is 0.000000218. The molecule has 0 unspecified atom stereocenters. The third-order valence-electron chi connectivity index (χ3n) is 15.8. The maximum Gasteiger partial charge on any atom is 0.167 e. The maximum atomic E-state index is 13.6. The molecule has 8 aromatic rings. The third-order valence-corrected chi connectivity index (χ3v) is 15.8. The van der Waals surface area contributed by atoms with Crippen molar-refractivity contribution in [2.45, 2.75) is 156 Å². The van der Waals surface area contributed by atoms with E-state index in [-0.39, 0.29) is 46.3 Å². The average molecular weight is 1240 g/mol. The van der Waals surface area contributed by atoms with E-state index in [2.05, 4.69) is 65.0 Å². The molecular weight excluding hydrogens is 1150 g/mol. The number of aromatic hydroxyl groups is 4. The van der Waals surface area contributed by atoms with Gasteiger partial charge in [0.05, 0.1) is 48.7 Å². The van der Waals surface area contributed by atoms with Crippen LogP contribution in [0.5, 0.6) is 46.0 Å². The van der Waals surface area contributed by atoms with Gasteiger partial charge in [0, 0.05) is 54.2 Å². The Kier molecular flexibility index (Phi) is 27.7. The topological polar surface area (TPSA) is 210 Å². The molecule has 17 heteroatoms. The number of ether oxygens (including phenoxy) is 4. The van der Waals surface area contributed by atoms with Crippen molar-refractivity contribution in [1.82, 2.24) is 35.2 Å². The number of aromatic nitrogens is 6. The molecule has 91 heavy (non-hydrogen) atoms. The summed E-state index contributed by atoms with van der Waals surface area (Å²) in [5.74, 6) is 3.62. The lowest BCUT2D eigenvalue weighted by atomic mass is 10.1. The van der Waals surface area contributed by atoms with Gasteiger partial charge in [0.1, 0.15) is 51.8 Å². The zero-order valence-electron chi connectivity index (χ0n) is 53.8. The quantitative estimate of drug-likeness (QED) is 0.0256. The van der Waals surface area contributed by atoms with E-state index in [1.807, 2.05) is 24.3 Å². The number of benzene rings is 6. The van der Waals surface area contributed by atoms with E-state index in [1.54, 1.807) is 72.8 Å². The van der Waals surface area contributed by atoms with Gasteiger partial charge in [-0.3, -0.25) is 0 Å². The second kappa shape index (κ2) is 36.9. The standard InChI is InChI=1S/C37H46N4O4.C33H38FN3O4.C4H9N/c1-3-5-7-11-23-44-29-17-19-31(33(42)25-29)36-38-35(27-13-15-28(16-14-27)41-21-9-10-22-41)39-37(40-36)32-20-18-30(26-34(32)43)45-24-12-8-6-4-2;1-3-5-7-9-19-40-25-15-17-27(29(38)21-25)32-35-31(23-11-13-24(34)14-12-23)36-33(37-32)28-18-16-26(22-30(28)39)41-20-10-8-6-4-2;1-2-4-5-3-1/h13-20,25-26,42-43H,3-12,21-24H2,1-2H3;11-18,21-22,38-39H,3-10,19-20H2,1-2H3;5H,1-4H2. The summed E-state index contributed by atoms with van der Waals surface area (Å²) in [6.45, 7) is 15.7. The monoisotopic (exact) mass is 1240 g/mol. The highest BCUT2D eigenvalue weighted by Crippen LogP contribution is 2.39. The highest BCUT2D eigenvalue weighted by molar-refractivity contribution is 5.75. The smallest absolute Gasteiger partial charge is 0.167 e. The van der Waals surface area contributed by atoms with Crippen LogP contribution < -0.4 is 29.2 Å². The summed E-state index contributed by atoms with van der Waals surface area (Å²) in [5.41, 5.74) is 4.23. The van der Waals surface area contributed by atoms with E-state index in [0.29, 0.717) is 94.7 Å². The largest absolute Gasteiger partial charge is 0.507 e. The molecule has 0 spiro atoms. The summed E-state index contributed by atoms with van der Waals surface area (Å²) < 4.78 is 37.0. The Bertz CT molecular complexity index is 3300. The Labute approximate surface area is 537 Å². The molecule has 6 aromatic carbocycles. The molecule has 2 aliphatic rings. The number of phenols is 4. The molecule has 2 aromatic heterocycles. The second-order valence-electron chi connectivity index (χ2n) is 23.2. The van der Waals surface area contributed by atoms with E-state index in [1.165, 1.54) is 82.3 Å². The van der Waals surface area contributed by atoms with E-state index < -0.39 is 0 Å². The first kappa shape index (κ1) is 68.3. The SMILES string of the molecule is C1CCNC1.CCCCCCOc1ccc(-c2nc(-c3ccc(F)cc3)nc(-c3ccc(OCCCCCC)cc3O)n2)c(O)c1.CCCCCCOc1ccc(-c2nc(-c3ccc(N4CCCC4)cc3)nc(-c3ccc(OCCCCCC)cc3O)n2)c(O)c1. The van der Waals surface area contributed by atoms with Crippen molar-refractivity contribution >= 4 is 5.69 Å². The normalized spacial score (nSPS) is 12.6. The van der Waals surface area contributed by atoms with Crippen LogP contribution in [0.4, 0.5) is 10.1 Å². The van der Waals surface area contributed by atoms with Gasteiger partial charge < -0.3 is 49.6 Å². The van der Waals surface area contributed by atoms with Gasteiger partial charge in [0.2, 0.25) is 0 Å². The first-order valence-corrected chi connectivity index (χ1v) is 33.2. The predicted molar refractivity (Wildman–Crippen MR) is 361 cm³/mol. The van der Waals surface area contributed by atoms with Crippen LogP contribution in [-0.4, -0.2) is 103 Å². The fourth-order valence-electron chi connectivity index (χ4n) is 10.5. The molecule has 2 aliphatic heterocycles. The molecule has 2 fully saturated rings. The van der Waals surface area contributed by atoms with Gasteiger partial charge in [-0.1, -0.05) is 105 Å². The summed E-state index contributed by atoms with van der Waals surface area (Å²) in [4.78, 5) is 30.4. The van der Waals surface area contributed by atoms with Crippen molar-refractivity contribution in [2.24, 2.45) is 0 Å². The number of nitrogens with one attached hydrogen (secondary N) is 1. The van der Waals surface area contributed by atoms with E-state index in [9.17, 15) is 24.8 Å². The number of hydrogen-bond donors (Lipinski definition) is 5. The highest BCUT2D eigenvalue weighted by Gasteiger charge is 2.21. The van der Waals surface area contributed by atoms with Crippen LogP contribution in [0.3, 0.4) is 0 Å². The van der Waals surface area contributed by atoms with Gasteiger partial charge in [-0.05, 0) is 162 Å². The third kappa shape index (κ3) is 21.3. The van der Waals surface area contributed by atoms with Gasteiger partial charge >= 0.3 is 0 Å². The molecule has 0 atom stereocenters. The van der Waals surface area contributed by atoms with Crippen molar-refractivity contribution in [3.63, 3.8) is 0 Å². The number of rotatable bonds is 31. The Morgan fingerprint density at radius 3 is 0.934 bits per heavy atom. The minimum Gasteiger partial charge on any atom is -0.507 e. The van der Waals surface area contributed by atoms with Crippen LogP contribution in [0, 0.1) is 5.82 Å². The zero-order valence-corrected chi connectivity index (χ0v) is 53.8. The number of nitrogens with zero attached hydrogens (tertiary/aromatic N) is 7. The molecule has 0 aliphatic carbocycles. The minimum atomic E-state index is -0.380. The van der Waals surface area contributed by atoms with Gasteiger partial charge in [0.15, 0.2) is 34.9 Å². The predicted octanol–water partition coefficient (Wildman–Crippen LogP) is 17.5. The van der Waals surface area contributed by atoms with Crippen LogP contribution in [-0.2, 0) is 0 Å². The lowest BCUT2D eigenvalue weighted by Crippen LogP contribution is -2.17. The Morgan fingerprint density at radius 2 is 0.659 bits per heavy atom. The molecule has 484 valence electrons. The van der Waals surface area contributed by atoms with Crippen LogP contribution in [0.1, 0.15) is 156 Å². The van der Waals surface area contributed by atoms with Gasteiger partial charge in [0.25, 0.3) is 0 Å². The summed E-state index contributed by atoms with van der Waals surface area (Å²) in [6.07, 6.45) is 22.8. The van der Waals surface area contributed by atoms with Crippen molar-refractivity contribution < 1.29 is 43.8 Å². The molecule has 0 radical (unpaired) electrons. The Hall–Kier alpha value is -8.57. The molecule has 5 N–H and O–H groups in total. The van der Waals surface area contributed by atoms with Crippen LogP contribution in [0.25, 0.3) is 68.3 Å². The van der Waals surface area contributed by atoms with Gasteiger partial charge in [-0.15, -0.1) is 0 Å². The number of halogens is 1. The number of unbranched alkanes of at least 4 members (excludes halogenated alkanes) is 12. The van der Waals surface area contributed by atoms with Crippen molar-refractivity contribution in [1.29, 1.82) is 0 Å². The van der Waals surface area contributed by atoms with Crippen molar-refractivity contribution in [3.8, 4) is 114 Å². The van der Waals surface area contributed by atoms with Crippen LogP contribution in [0.2, 0.25) is 0 Å². The van der Waals surface area contributed by atoms with E-state index >= 15 is 0 Å². The molecule has 0 saturated carbocycles. The summed E-state index contributed by atoms with van der Waals surface area (Å²) >= 11 is 0. The number of anilines is 1. The molecule has 4 heterocycles. The van der Waals surface area contributed by atoms with Crippen LogP contribution in [0.15, 0.2) is 121 Å². The molecule has 2 saturated heterocycles. The lowest BCUT2D eigenvalue weighted by Gasteiger charge is -2.17. The summed E-state index contributed by atoms with van der Waals surface area (Å²) in [5, 5.41) is 47.1. The molecule has 0 amide bonds. The lowest BCUT2D eigenvalue weighted by molar-refractivity contribution is 0.303. The van der Waals surface area contributed by atoms with Gasteiger partial charge in [-0.25, -0.2) is 34.3 Å². The first-order valence-electron chi connectivity index (χ1n) is 33.2. The van der Waals surface area contributed by atoms with Gasteiger partial charge in [-0.2, -0.15) is 0 Å². The summed E-state index contributed by atoms with van der Waals surface area (Å²) in [6, 6.07) is 34.4. The van der Waals surface area contributed by atoms with Crippen molar-refractivity contribution in [3.05, 3.63) is 127 Å². The second-order valence-corrected chi connectivity index (χ2v) is 23.2. The van der Waals surface area contributed by atoms with E-state index in [4.69, 9.17) is 33.9 Å². The first-order chi connectivity index (χ1) is 44.5. The number of phenolic OH excluding ortho intramolecular Hbond substituents is 4. The van der Waals surface area contributed by atoms with Crippen molar-refractivity contribution in [2.75, 3.05) is 57.5 Å². The number of hydrogen-bond acceptors (Lipinski definition) is 16. The highest BCUT2D eigenvalue weighted by atomic mass is 19.1. The van der Waals surface area contributed by atoms with Crippen LogP contribution >= 0.6 is 0 Å². The van der Waals surface area contributed by atoms with E-state index in [0.717, 1.165) is 95.7 Å². The average Bonchev–Trinajstić information content (AvgIpc) is 1.13. The Morgan fingerprint density at radius 1 is 0.363 bits per heavy atom.